The molecule has 0 unspecified atom stereocenters. The van der Waals surface area contributed by atoms with Crippen LogP contribution >= 0.6 is 24.0 Å². The van der Waals surface area contributed by atoms with Crippen molar-refractivity contribution < 1.29 is 9.59 Å². The number of thioether (sulfide) groups is 1. The van der Waals surface area contributed by atoms with E-state index in [1.165, 1.54) is 21.6 Å². The zero-order chi connectivity index (χ0) is 21.3. The zero-order valence-electron chi connectivity index (χ0n) is 16.1. The Balaban J connectivity index is 1.70. The van der Waals surface area contributed by atoms with Crippen LogP contribution in [0.1, 0.15) is 12.0 Å². The molecule has 1 aliphatic heterocycles. The summed E-state index contributed by atoms with van der Waals surface area (Å²) in [5.41, 5.74) is 1.71. The minimum atomic E-state index is -0.288. The molecular weight excluding hydrogens is 414 g/mol. The van der Waals surface area contributed by atoms with Crippen molar-refractivity contribution in [2.75, 3.05) is 18.0 Å². The molecule has 0 aromatic heterocycles. The average Bonchev–Trinajstić information content (AvgIpc) is 3.03. The maximum Gasteiger partial charge on any atom is 0.266 e. The van der Waals surface area contributed by atoms with E-state index >= 15 is 0 Å². The summed E-state index contributed by atoms with van der Waals surface area (Å²) >= 11 is 6.51. The zero-order valence-corrected chi connectivity index (χ0v) is 17.7. The Kier molecular flexibility index (Phi) is 7.55. The number of nitriles is 1. The Morgan fingerprint density at radius 2 is 1.80 bits per heavy atom. The summed E-state index contributed by atoms with van der Waals surface area (Å²) < 4.78 is 0.348. The molecule has 1 heterocycles. The van der Waals surface area contributed by atoms with E-state index < -0.39 is 0 Å². The number of carbonyl (C=O) groups excluding carboxylic acids is 2. The Morgan fingerprint density at radius 3 is 2.47 bits per heavy atom. The smallest absolute Gasteiger partial charge is 0.266 e. The van der Waals surface area contributed by atoms with Crippen molar-refractivity contribution in [1.29, 1.82) is 5.26 Å². The molecule has 30 heavy (non-hydrogen) atoms. The summed E-state index contributed by atoms with van der Waals surface area (Å²) in [7, 11) is 0. The van der Waals surface area contributed by atoms with Crippen LogP contribution in [0.25, 0.3) is 6.08 Å². The molecule has 150 valence electrons. The SMILES string of the molecule is N#CCCN(C(=O)CN1C(=O)/C(=C/C=C/c2ccccc2)SC1=S)c1ccccc1. The number of benzene rings is 2. The second kappa shape index (κ2) is 10.5. The highest BCUT2D eigenvalue weighted by molar-refractivity contribution is 8.26. The molecule has 0 N–H and O–H groups in total. The highest BCUT2D eigenvalue weighted by atomic mass is 32.2. The molecule has 5 nitrogen and oxygen atoms in total. The fourth-order valence-corrected chi connectivity index (χ4v) is 4.06. The molecule has 3 rings (SSSR count). The van der Waals surface area contributed by atoms with E-state index in [4.69, 9.17) is 17.5 Å². The van der Waals surface area contributed by atoms with Crippen LogP contribution in [0, 0.1) is 11.3 Å². The lowest BCUT2D eigenvalue weighted by Crippen LogP contribution is -2.42. The van der Waals surface area contributed by atoms with Crippen LogP contribution in [-0.2, 0) is 9.59 Å². The van der Waals surface area contributed by atoms with E-state index in [0.717, 1.165) is 5.56 Å². The molecule has 1 aliphatic rings. The Bertz CT molecular complexity index is 1030. The number of allylic oxidation sites excluding steroid dienone is 2. The van der Waals surface area contributed by atoms with Crippen molar-refractivity contribution in [3.63, 3.8) is 0 Å². The molecular formula is C23H19N3O2S2. The van der Waals surface area contributed by atoms with Crippen molar-refractivity contribution in [2.45, 2.75) is 6.42 Å². The van der Waals surface area contributed by atoms with Crippen LogP contribution in [-0.4, -0.2) is 34.1 Å². The number of hydrogen-bond donors (Lipinski definition) is 0. The second-order valence-corrected chi connectivity index (χ2v) is 8.02. The van der Waals surface area contributed by atoms with Gasteiger partial charge < -0.3 is 4.90 Å². The van der Waals surface area contributed by atoms with Gasteiger partial charge in [0.05, 0.1) is 17.4 Å². The van der Waals surface area contributed by atoms with E-state index in [9.17, 15) is 9.59 Å². The van der Waals surface area contributed by atoms with Gasteiger partial charge in [-0.15, -0.1) is 0 Å². The molecule has 2 aromatic rings. The summed E-state index contributed by atoms with van der Waals surface area (Å²) in [6.07, 6.45) is 5.61. The van der Waals surface area contributed by atoms with Crippen LogP contribution in [0.5, 0.6) is 0 Å². The topological polar surface area (TPSA) is 64.4 Å². The predicted molar refractivity (Wildman–Crippen MR) is 124 cm³/mol. The minimum Gasteiger partial charge on any atom is -0.310 e. The molecule has 0 bridgehead atoms. The van der Waals surface area contributed by atoms with Crippen molar-refractivity contribution >= 4 is 51.9 Å². The summed E-state index contributed by atoms with van der Waals surface area (Å²) in [6.45, 7) is 0.0918. The van der Waals surface area contributed by atoms with E-state index in [-0.39, 0.29) is 31.3 Å². The van der Waals surface area contributed by atoms with Crippen molar-refractivity contribution in [3.05, 3.63) is 83.3 Å². The van der Waals surface area contributed by atoms with Gasteiger partial charge in [-0.05, 0) is 23.8 Å². The first-order chi connectivity index (χ1) is 14.6. The van der Waals surface area contributed by atoms with Gasteiger partial charge in [0.25, 0.3) is 5.91 Å². The number of carbonyl (C=O) groups is 2. The monoisotopic (exact) mass is 433 g/mol. The number of nitrogens with zero attached hydrogens (tertiary/aromatic N) is 3. The van der Waals surface area contributed by atoms with Gasteiger partial charge in [-0.3, -0.25) is 14.5 Å². The molecule has 1 saturated heterocycles. The molecule has 7 heteroatoms. The highest BCUT2D eigenvalue weighted by Crippen LogP contribution is 2.31. The fourth-order valence-electron chi connectivity index (χ4n) is 2.85. The third-order valence-corrected chi connectivity index (χ3v) is 5.71. The molecule has 0 atom stereocenters. The van der Waals surface area contributed by atoms with Crippen LogP contribution in [0.2, 0.25) is 0 Å². The third-order valence-electron chi connectivity index (χ3n) is 4.32. The number of amides is 2. The molecule has 2 amide bonds. The van der Waals surface area contributed by atoms with Crippen molar-refractivity contribution in [1.82, 2.24) is 4.90 Å². The fraction of sp³-hybridized carbons (Fsp3) is 0.130. The van der Waals surface area contributed by atoms with E-state index in [0.29, 0.717) is 14.9 Å². The van der Waals surface area contributed by atoms with Gasteiger partial charge in [-0.25, -0.2) is 0 Å². The highest BCUT2D eigenvalue weighted by Gasteiger charge is 2.34. The van der Waals surface area contributed by atoms with Gasteiger partial charge in [0.15, 0.2) is 0 Å². The van der Waals surface area contributed by atoms with Gasteiger partial charge >= 0.3 is 0 Å². The number of thiocarbonyl (C=S) groups is 1. The van der Waals surface area contributed by atoms with Crippen LogP contribution in [0.15, 0.2) is 77.7 Å². The first kappa shape index (κ1) is 21.5. The van der Waals surface area contributed by atoms with Gasteiger partial charge in [0, 0.05) is 12.2 Å². The molecule has 0 aliphatic carbocycles. The maximum atomic E-state index is 12.9. The van der Waals surface area contributed by atoms with E-state index in [2.05, 4.69) is 6.07 Å². The first-order valence-corrected chi connectivity index (χ1v) is 10.5. The summed E-state index contributed by atoms with van der Waals surface area (Å²) in [4.78, 5) is 29.0. The quantitative estimate of drug-likeness (QED) is 0.479. The third kappa shape index (κ3) is 5.44. The number of hydrogen-bond acceptors (Lipinski definition) is 5. The van der Waals surface area contributed by atoms with Gasteiger partial charge in [0.1, 0.15) is 10.9 Å². The lowest BCUT2D eigenvalue weighted by atomic mass is 10.2. The van der Waals surface area contributed by atoms with Crippen LogP contribution in [0.3, 0.4) is 0 Å². The molecule has 1 fully saturated rings. The largest absolute Gasteiger partial charge is 0.310 e. The molecule has 2 aromatic carbocycles. The lowest BCUT2D eigenvalue weighted by Gasteiger charge is -2.24. The van der Waals surface area contributed by atoms with Gasteiger partial charge in [0.2, 0.25) is 5.91 Å². The molecule has 0 radical (unpaired) electrons. The van der Waals surface area contributed by atoms with E-state index in [1.54, 1.807) is 24.3 Å². The Hall–Kier alpha value is -3.21. The average molecular weight is 434 g/mol. The Morgan fingerprint density at radius 1 is 1.13 bits per heavy atom. The van der Waals surface area contributed by atoms with Crippen LogP contribution < -0.4 is 4.90 Å². The molecule has 0 saturated carbocycles. The Labute approximate surface area is 185 Å². The summed E-state index contributed by atoms with van der Waals surface area (Å²) in [5, 5.41) is 8.92. The number of rotatable bonds is 7. The van der Waals surface area contributed by atoms with Crippen molar-refractivity contribution in [3.8, 4) is 6.07 Å². The first-order valence-electron chi connectivity index (χ1n) is 9.29. The normalized spacial score (nSPS) is 15.0. The predicted octanol–water partition coefficient (Wildman–Crippen LogP) is 4.39. The maximum absolute atomic E-state index is 12.9. The minimum absolute atomic E-state index is 0.162. The number of anilines is 1. The van der Waals surface area contributed by atoms with Gasteiger partial charge in [-0.1, -0.05) is 84.7 Å². The van der Waals surface area contributed by atoms with E-state index in [1.807, 2.05) is 54.6 Å². The standard InChI is InChI=1S/C23H19N3O2S2/c24-15-8-16-25(19-12-5-2-6-13-19)21(27)17-26-22(28)20(30-23(26)29)14-7-11-18-9-3-1-4-10-18/h1-7,9-14H,8,16-17H2/b11-7+,20-14-. The summed E-state index contributed by atoms with van der Waals surface area (Å²) in [5.74, 6) is -0.571. The number of para-hydroxylation sites is 1. The van der Waals surface area contributed by atoms with Crippen molar-refractivity contribution in [2.24, 2.45) is 0 Å². The van der Waals surface area contributed by atoms with Crippen LogP contribution in [0.4, 0.5) is 5.69 Å². The molecule has 0 spiro atoms. The lowest BCUT2D eigenvalue weighted by molar-refractivity contribution is -0.127. The second-order valence-electron chi connectivity index (χ2n) is 6.35. The van der Waals surface area contributed by atoms with Gasteiger partial charge in [-0.2, -0.15) is 5.26 Å². The summed E-state index contributed by atoms with van der Waals surface area (Å²) in [6, 6.07) is 20.9.